The van der Waals surface area contributed by atoms with Crippen LogP contribution in [0, 0.1) is 0 Å². The van der Waals surface area contributed by atoms with Gasteiger partial charge >= 0.3 is 0 Å². The van der Waals surface area contributed by atoms with E-state index in [0.29, 0.717) is 16.6 Å². The van der Waals surface area contributed by atoms with Crippen molar-refractivity contribution in [2.24, 2.45) is 0 Å². The lowest BCUT2D eigenvalue weighted by Gasteiger charge is -2.12. The predicted molar refractivity (Wildman–Crippen MR) is 115 cm³/mol. The Morgan fingerprint density at radius 1 is 1.21 bits per heavy atom. The van der Waals surface area contributed by atoms with Gasteiger partial charge in [0.05, 0.1) is 29.3 Å². The lowest BCUT2D eigenvalue weighted by Crippen LogP contribution is -2.24. The minimum absolute atomic E-state index is 0.100. The van der Waals surface area contributed by atoms with E-state index >= 15 is 0 Å². The van der Waals surface area contributed by atoms with Gasteiger partial charge in [0.2, 0.25) is 5.91 Å². The Balaban J connectivity index is 1.46. The largest absolute Gasteiger partial charge is 0.496 e. The van der Waals surface area contributed by atoms with Crippen molar-refractivity contribution < 1.29 is 9.53 Å². The second-order valence-electron chi connectivity index (χ2n) is 7.07. The third kappa shape index (κ3) is 4.41. The number of rotatable bonds is 6. The van der Waals surface area contributed by atoms with Crippen LogP contribution < -0.4 is 10.1 Å². The number of methoxy groups -OCH3 is 1. The number of carbonyl (C=O) groups excluding carboxylic acids is 1. The molecule has 1 aliphatic heterocycles. The molecule has 0 radical (unpaired) electrons. The smallest absolute Gasteiger partial charge is 0.224 e. The number of benzene rings is 2. The summed E-state index contributed by atoms with van der Waals surface area (Å²) in [6, 6.07) is 11.1. The van der Waals surface area contributed by atoms with E-state index in [-0.39, 0.29) is 12.3 Å². The second-order valence-corrected chi connectivity index (χ2v) is 7.88. The molecule has 150 valence electrons. The average Bonchev–Trinajstić information content (AvgIpc) is 3.31. The number of imidazole rings is 1. The number of carbonyl (C=O) groups is 1. The molecule has 2 heterocycles. The molecule has 7 heteroatoms. The van der Waals surface area contributed by atoms with Crippen LogP contribution in [0.3, 0.4) is 0 Å². The van der Waals surface area contributed by atoms with Crippen LogP contribution in [0.25, 0.3) is 11.3 Å². The van der Waals surface area contributed by atoms with Crippen molar-refractivity contribution in [3.05, 3.63) is 69.6 Å². The molecule has 2 aromatic carbocycles. The van der Waals surface area contributed by atoms with Crippen LogP contribution in [-0.2, 0) is 30.7 Å². The number of hydrogen-bond donors (Lipinski definition) is 1. The zero-order valence-corrected chi connectivity index (χ0v) is 17.6. The number of ether oxygens (including phenoxy) is 1. The number of aryl methyl sites for hydroxylation is 2. The van der Waals surface area contributed by atoms with Crippen molar-refractivity contribution in [2.75, 3.05) is 7.11 Å². The third-order valence-corrected chi connectivity index (χ3v) is 5.80. The van der Waals surface area contributed by atoms with E-state index in [1.54, 1.807) is 25.3 Å². The first kappa shape index (κ1) is 19.8. The number of amides is 1. The highest BCUT2D eigenvalue weighted by atomic mass is 35.5. The first-order valence-electron chi connectivity index (χ1n) is 9.47. The molecule has 0 unspecified atom stereocenters. The van der Waals surface area contributed by atoms with Gasteiger partial charge in [0, 0.05) is 36.8 Å². The quantitative estimate of drug-likeness (QED) is 0.619. The van der Waals surface area contributed by atoms with E-state index in [0.717, 1.165) is 53.3 Å². The lowest BCUT2D eigenvalue weighted by atomic mass is 10.1. The molecule has 0 saturated carbocycles. The zero-order valence-electron chi connectivity index (χ0n) is 16.0. The summed E-state index contributed by atoms with van der Waals surface area (Å²) in [5.74, 6) is 1.76. The van der Waals surface area contributed by atoms with Gasteiger partial charge in [0.15, 0.2) is 0 Å². The minimum Gasteiger partial charge on any atom is -0.496 e. The van der Waals surface area contributed by atoms with E-state index in [1.807, 2.05) is 18.2 Å². The van der Waals surface area contributed by atoms with Crippen molar-refractivity contribution >= 4 is 29.1 Å². The van der Waals surface area contributed by atoms with Crippen LogP contribution in [0.4, 0.5) is 0 Å². The summed E-state index contributed by atoms with van der Waals surface area (Å²) in [7, 11) is 1.63. The molecular formula is C22H21Cl2N3O2. The average molecular weight is 430 g/mol. The van der Waals surface area contributed by atoms with Gasteiger partial charge in [0.25, 0.3) is 0 Å². The van der Waals surface area contributed by atoms with Crippen molar-refractivity contribution in [3.63, 3.8) is 0 Å². The Morgan fingerprint density at radius 3 is 2.83 bits per heavy atom. The maximum Gasteiger partial charge on any atom is 0.224 e. The summed E-state index contributed by atoms with van der Waals surface area (Å²) in [6.07, 6.45) is 4.50. The first-order valence-corrected chi connectivity index (χ1v) is 10.2. The third-order valence-electron chi connectivity index (χ3n) is 5.06. The molecule has 3 aromatic rings. The van der Waals surface area contributed by atoms with Gasteiger partial charge < -0.3 is 14.6 Å². The Hall–Kier alpha value is -2.50. The maximum absolute atomic E-state index is 12.4. The Labute approximate surface area is 179 Å². The van der Waals surface area contributed by atoms with E-state index in [4.69, 9.17) is 32.9 Å². The van der Waals surface area contributed by atoms with E-state index in [2.05, 4.69) is 16.1 Å². The summed E-state index contributed by atoms with van der Waals surface area (Å²) < 4.78 is 7.67. The van der Waals surface area contributed by atoms with Crippen LogP contribution in [-0.4, -0.2) is 22.6 Å². The van der Waals surface area contributed by atoms with Gasteiger partial charge in [-0.25, -0.2) is 4.98 Å². The van der Waals surface area contributed by atoms with Gasteiger partial charge in [-0.1, -0.05) is 29.3 Å². The summed E-state index contributed by atoms with van der Waals surface area (Å²) in [6.45, 7) is 1.39. The summed E-state index contributed by atoms with van der Waals surface area (Å²) in [5.41, 5.74) is 3.68. The van der Waals surface area contributed by atoms with Crippen LogP contribution >= 0.6 is 23.2 Å². The predicted octanol–water partition coefficient (Wildman–Crippen LogP) is 4.67. The van der Waals surface area contributed by atoms with Crippen LogP contribution in [0.5, 0.6) is 5.75 Å². The number of fused-ring (bicyclic) bond motifs is 1. The van der Waals surface area contributed by atoms with E-state index in [1.165, 1.54) is 0 Å². The molecule has 0 bridgehead atoms. The Morgan fingerprint density at radius 2 is 2.07 bits per heavy atom. The van der Waals surface area contributed by atoms with Crippen LogP contribution in [0.15, 0.2) is 42.6 Å². The fraction of sp³-hybridized carbons (Fsp3) is 0.273. The highest BCUT2D eigenvalue weighted by Crippen LogP contribution is 2.28. The molecule has 1 aromatic heterocycles. The molecule has 0 spiro atoms. The number of aromatic nitrogens is 2. The summed E-state index contributed by atoms with van der Waals surface area (Å²) in [5, 5.41) is 3.87. The summed E-state index contributed by atoms with van der Waals surface area (Å²) in [4.78, 5) is 17.1. The number of hydrogen-bond acceptors (Lipinski definition) is 3. The van der Waals surface area contributed by atoms with Gasteiger partial charge in [0.1, 0.15) is 11.6 Å². The van der Waals surface area contributed by atoms with E-state index < -0.39 is 0 Å². The molecule has 0 fully saturated rings. The topological polar surface area (TPSA) is 56.1 Å². The van der Waals surface area contributed by atoms with Crippen molar-refractivity contribution in [1.82, 2.24) is 14.9 Å². The lowest BCUT2D eigenvalue weighted by molar-refractivity contribution is -0.120. The molecule has 0 saturated heterocycles. The molecule has 0 aliphatic carbocycles. The molecule has 1 amide bonds. The number of nitrogens with one attached hydrogen (secondary N) is 1. The zero-order chi connectivity index (χ0) is 20.4. The fourth-order valence-electron chi connectivity index (χ4n) is 3.56. The number of nitrogens with zero attached hydrogens (tertiary/aromatic N) is 2. The molecular weight excluding hydrogens is 409 g/mol. The van der Waals surface area contributed by atoms with Crippen LogP contribution in [0.1, 0.15) is 23.4 Å². The molecule has 0 atom stereocenters. The van der Waals surface area contributed by atoms with Crippen LogP contribution in [0.2, 0.25) is 10.0 Å². The molecule has 5 nitrogen and oxygen atoms in total. The standard InChI is InChI=1S/C22H21Cl2N3O2/c1-29-20-7-5-15(19-13-27-8-2-3-21(27)26-19)11-16(20)12-25-22(28)10-14-4-6-17(23)18(24)9-14/h4-7,9,11,13H,2-3,8,10,12H2,1H3,(H,25,28). The maximum atomic E-state index is 12.4. The van der Waals surface area contributed by atoms with E-state index in [9.17, 15) is 4.79 Å². The van der Waals surface area contributed by atoms with Gasteiger partial charge in [-0.2, -0.15) is 0 Å². The fourth-order valence-corrected chi connectivity index (χ4v) is 3.88. The number of halogens is 2. The Bertz CT molecular complexity index is 1040. The molecule has 1 N–H and O–H groups in total. The monoisotopic (exact) mass is 429 g/mol. The molecule has 1 aliphatic rings. The van der Waals surface area contributed by atoms with Crippen molar-refractivity contribution in [2.45, 2.75) is 32.4 Å². The second kappa shape index (κ2) is 8.47. The highest BCUT2D eigenvalue weighted by molar-refractivity contribution is 6.42. The molecule has 4 rings (SSSR count). The van der Waals surface area contributed by atoms with Gasteiger partial charge in [-0.3, -0.25) is 4.79 Å². The van der Waals surface area contributed by atoms with Gasteiger partial charge in [-0.05, 0) is 42.3 Å². The first-order chi connectivity index (χ1) is 14.0. The highest BCUT2D eigenvalue weighted by Gasteiger charge is 2.16. The minimum atomic E-state index is -0.100. The Kier molecular flexibility index (Phi) is 5.79. The summed E-state index contributed by atoms with van der Waals surface area (Å²) >= 11 is 12.0. The van der Waals surface area contributed by atoms with Gasteiger partial charge in [-0.15, -0.1) is 0 Å². The molecule has 29 heavy (non-hydrogen) atoms. The normalized spacial score (nSPS) is 12.7. The SMILES string of the molecule is COc1ccc(-c2cn3c(n2)CCC3)cc1CNC(=O)Cc1ccc(Cl)c(Cl)c1. The van der Waals surface area contributed by atoms with Crippen molar-refractivity contribution in [3.8, 4) is 17.0 Å². The van der Waals surface area contributed by atoms with Crippen molar-refractivity contribution in [1.29, 1.82) is 0 Å².